The Morgan fingerprint density at radius 1 is 1.06 bits per heavy atom. The summed E-state index contributed by atoms with van der Waals surface area (Å²) in [5.74, 6) is -1.48. The van der Waals surface area contributed by atoms with E-state index in [4.69, 9.17) is 11.6 Å². The molecule has 0 radical (unpaired) electrons. The Bertz CT molecular complexity index is 1470. The van der Waals surface area contributed by atoms with Crippen molar-refractivity contribution < 1.29 is 13.2 Å². The molecule has 4 aromatic rings. The summed E-state index contributed by atoms with van der Waals surface area (Å²) < 4.78 is 29.8. The predicted molar refractivity (Wildman–Crippen MR) is 122 cm³/mol. The highest BCUT2D eigenvalue weighted by molar-refractivity contribution is 7.92. The van der Waals surface area contributed by atoms with Gasteiger partial charge in [-0.25, -0.2) is 13.4 Å². The van der Waals surface area contributed by atoms with E-state index in [1.165, 1.54) is 36.4 Å². The van der Waals surface area contributed by atoms with Crippen LogP contribution in [0.3, 0.4) is 0 Å². The van der Waals surface area contributed by atoms with E-state index in [1.54, 1.807) is 29.8 Å². The van der Waals surface area contributed by atoms with Crippen molar-refractivity contribution in [3.05, 3.63) is 89.2 Å². The first-order valence-electron chi connectivity index (χ1n) is 9.54. The van der Waals surface area contributed by atoms with Crippen molar-refractivity contribution in [2.75, 3.05) is 4.72 Å². The zero-order valence-corrected chi connectivity index (χ0v) is 18.4. The number of para-hydroxylation sites is 3. The van der Waals surface area contributed by atoms with Gasteiger partial charge in [0.2, 0.25) is 0 Å². The number of benzene rings is 3. The number of hydrogen-bond acceptors (Lipinski definition) is 5. The van der Waals surface area contributed by atoms with E-state index in [2.05, 4.69) is 9.71 Å². The molecule has 3 aromatic carbocycles. The van der Waals surface area contributed by atoms with E-state index in [-0.39, 0.29) is 22.0 Å². The van der Waals surface area contributed by atoms with Crippen LogP contribution in [0.2, 0.25) is 5.02 Å². The fourth-order valence-electron chi connectivity index (χ4n) is 3.42. The Labute approximate surface area is 189 Å². The normalized spacial score (nSPS) is 12.3. The Hall–Kier alpha value is -3.67. The summed E-state index contributed by atoms with van der Waals surface area (Å²) in [5, 5.41) is 10.2. The number of nitrogens with one attached hydrogen (secondary N) is 1. The molecule has 160 valence electrons. The van der Waals surface area contributed by atoms with Gasteiger partial charge in [0.25, 0.3) is 10.0 Å². The molecule has 9 heteroatoms. The molecule has 0 aliphatic heterocycles. The number of hydrogen-bond donors (Lipinski definition) is 1. The number of rotatable bonds is 6. The van der Waals surface area contributed by atoms with E-state index in [0.29, 0.717) is 10.5 Å². The Morgan fingerprint density at radius 2 is 1.72 bits per heavy atom. The van der Waals surface area contributed by atoms with Crippen LogP contribution in [0.5, 0.6) is 0 Å². The molecule has 1 heterocycles. The molecule has 1 atom stereocenters. The van der Waals surface area contributed by atoms with Crippen LogP contribution in [0.25, 0.3) is 11.0 Å². The van der Waals surface area contributed by atoms with E-state index >= 15 is 0 Å². The van der Waals surface area contributed by atoms with Gasteiger partial charge in [-0.15, -0.1) is 0 Å². The number of carbonyl (C=O) groups is 1. The maximum absolute atomic E-state index is 13.4. The van der Waals surface area contributed by atoms with Gasteiger partial charge >= 0.3 is 0 Å². The van der Waals surface area contributed by atoms with Crippen molar-refractivity contribution in [2.24, 2.45) is 7.05 Å². The maximum atomic E-state index is 13.4. The molecule has 0 aliphatic carbocycles. The van der Waals surface area contributed by atoms with Crippen LogP contribution in [-0.2, 0) is 17.1 Å². The molecule has 4 rings (SSSR count). The molecule has 1 aromatic heterocycles. The second kappa shape index (κ2) is 8.46. The van der Waals surface area contributed by atoms with Crippen molar-refractivity contribution in [3.63, 3.8) is 0 Å². The van der Waals surface area contributed by atoms with Crippen LogP contribution in [0.4, 0.5) is 5.69 Å². The third-order valence-corrected chi connectivity index (χ3v) is 6.67. The molecule has 0 amide bonds. The highest BCUT2D eigenvalue weighted by atomic mass is 35.5. The number of ketones is 1. The van der Waals surface area contributed by atoms with Crippen molar-refractivity contribution >= 4 is 44.1 Å². The molecule has 0 fully saturated rings. The van der Waals surface area contributed by atoms with Gasteiger partial charge in [0.15, 0.2) is 11.7 Å². The Kier molecular flexibility index (Phi) is 5.70. The second-order valence-corrected chi connectivity index (χ2v) is 9.17. The summed E-state index contributed by atoms with van der Waals surface area (Å²) in [5.41, 5.74) is 1.59. The summed E-state index contributed by atoms with van der Waals surface area (Å²) in [4.78, 5) is 17.8. The monoisotopic (exact) mass is 464 g/mol. The van der Waals surface area contributed by atoms with Gasteiger partial charge in [0.05, 0.1) is 27.7 Å². The van der Waals surface area contributed by atoms with E-state index in [1.807, 2.05) is 24.3 Å². The highest BCUT2D eigenvalue weighted by Crippen LogP contribution is 2.28. The summed E-state index contributed by atoms with van der Waals surface area (Å²) >= 11 is 5.84. The average Bonchev–Trinajstić information content (AvgIpc) is 3.11. The number of fused-ring (bicyclic) bond motifs is 1. The summed E-state index contributed by atoms with van der Waals surface area (Å²) in [6.07, 6.45) is 0. The van der Waals surface area contributed by atoms with Crippen LogP contribution < -0.4 is 4.72 Å². The number of carbonyl (C=O) groups excluding carboxylic acids is 1. The number of aromatic nitrogens is 2. The predicted octanol–water partition coefficient (Wildman–Crippen LogP) is 4.52. The fourth-order valence-corrected chi connectivity index (χ4v) is 4.62. The molecule has 7 nitrogen and oxygen atoms in total. The van der Waals surface area contributed by atoms with Gasteiger partial charge in [-0.2, -0.15) is 5.26 Å². The minimum Gasteiger partial charge on any atom is -0.330 e. The molecule has 1 N–H and O–H groups in total. The largest absolute Gasteiger partial charge is 0.330 e. The first-order chi connectivity index (χ1) is 15.3. The zero-order chi connectivity index (χ0) is 22.9. The van der Waals surface area contributed by atoms with Gasteiger partial charge in [-0.3, -0.25) is 9.52 Å². The van der Waals surface area contributed by atoms with E-state index in [9.17, 15) is 18.5 Å². The van der Waals surface area contributed by atoms with Crippen molar-refractivity contribution in [1.29, 1.82) is 5.26 Å². The molecule has 1 unspecified atom stereocenters. The first kappa shape index (κ1) is 21.6. The molecule has 0 bridgehead atoms. The molecule has 0 saturated carbocycles. The number of nitriles is 1. The summed E-state index contributed by atoms with van der Waals surface area (Å²) in [6, 6.07) is 21.2. The van der Waals surface area contributed by atoms with Crippen molar-refractivity contribution in [2.45, 2.75) is 10.8 Å². The lowest BCUT2D eigenvalue weighted by molar-refractivity contribution is 0.0976. The van der Waals surface area contributed by atoms with Crippen LogP contribution >= 0.6 is 11.6 Å². The quantitative estimate of drug-likeness (QED) is 0.422. The Morgan fingerprint density at radius 3 is 2.41 bits per heavy atom. The van der Waals surface area contributed by atoms with Gasteiger partial charge in [-0.1, -0.05) is 35.9 Å². The Balaban J connectivity index is 1.72. The summed E-state index contributed by atoms with van der Waals surface area (Å²) in [6.45, 7) is 0. The number of Topliss-reactive ketones (excluding diaryl/α,β-unsaturated/α-hetero) is 1. The van der Waals surface area contributed by atoms with Gasteiger partial charge in [0, 0.05) is 17.6 Å². The van der Waals surface area contributed by atoms with Gasteiger partial charge in [0.1, 0.15) is 5.82 Å². The first-order valence-corrected chi connectivity index (χ1v) is 11.4. The number of sulfonamides is 1. The average molecular weight is 465 g/mol. The third kappa shape index (κ3) is 3.96. The third-order valence-electron chi connectivity index (χ3n) is 5.03. The number of halogens is 1. The number of imidazole rings is 1. The molecule has 32 heavy (non-hydrogen) atoms. The zero-order valence-electron chi connectivity index (χ0n) is 16.9. The van der Waals surface area contributed by atoms with Crippen LogP contribution in [0.1, 0.15) is 22.1 Å². The topological polar surface area (TPSA) is 105 Å². The van der Waals surface area contributed by atoms with Gasteiger partial charge < -0.3 is 4.57 Å². The lowest BCUT2D eigenvalue weighted by atomic mass is 9.97. The minimum atomic E-state index is -3.98. The SMILES string of the molecule is Cn1c(C(C#N)C(=O)c2ccccc2NS(=O)(=O)c2ccc(Cl)cc2)nc2ccccc21. The highest BCUT2D eigenvalue weighted by Gasteiger charge is 2.29. The summed E-state index contributed by atoms with van der Waals surface area (Å²) in [7, 11) is -2.24. The molecule has 0 aliphatic rings. The number of anilines is 1. The molecular weight excluding hydrogens is 448 g/mol. The van der Waals surface area contributed by atoms with E-state index in [0.717, 1.165) is 5.52 Å². The van der Waals surface area contributed by atoms with Crippen molar-refractivity contribution in [3.8, 4) is 6.07 Å². The van der Waals surface area contributed by atoms with Crippen molar-refractivity contribution in [1.82, 2.24) is 9.55 Å². The molecule has 0 spiro atoms. The minimum absolute atomic E-state index is 0.00339. The second-order valence-electron chi connectivity index (χ2n) is 7.05. The smallest absolute Gasteiger partial charge is 0.261 e. The van der Waals surface area contributed by atoms with Gasteiger partial charge in [-0.05, 0) is 48.5 Å². The van der Waals surface area contributed by atoms with Crippen LogP contribution in [0.15, 0.2) is 77.7 Å². The molecule has 0 saturated heterocycles. The lowest BCUT2D eigenvalue weighted by Crippen LogP contribution is -2.19. The molecular formula is C23H17ClN4O3S. The standard InChI is InChI=1S/C23H17ClN4O3S/c1-28-21-9-5-4-8-20(21)26-23(28)18(14-25)22(29)17-6-2-3-7-19(17)27-32(30,31)16-12-10-15(24)11-13-16/h2-13,18,27H,1H3. The number of nitrogens with zero attached hydrogens (tertiary/aromatic N) is 3. The van der Waals surface area contributed by atoms with E-state index < -0.39 is 21.7 Å². The van der Waals surface area contributed by atoms with Crippen LogP contribution in [0, 0.1) is 11.3 Å². The fraction of sp³-hybridized carbons (Fsp3) is 0.0870. The number of aryl methyl sites for hydroxylation is 1. The maximum Gasteiger partial charge on any atom is 0.261 e. The van der Waals surface area contributed by atoms with Crippen LogP contribution in [-0.4, -0.2) is 23.8 Å². The lowest BCUT2D eigenvalue weighted by Gasteiger charge is -2.14.